The third-order valence-corrected chi connectivity index (χ3v) is 18.5. The van der Waals surface area contributed by atoms with Crippen molar-refractivity contribution in [3.05, 3.63) is 303 Å². The predicted molar refractivity (Wildman–Crippen MR) is 282 cm³/mol. The molecule has 0 N–H and O–H groups in total. The van der Waals surface area contributed by atoms with Crippen molar-refractivity contribution in [2.24, 2.45) is 0 Å². The van der Waals surface area contributed by atoms with E-state index in [1.54, 1.807) is 0 Å². The molecule has 0 saturated heterocycles. The molecule has 0 atom stereocenters. The summed E-state index contributed by atoms with van der Waals surface area (Å²) in [4.78, 5) is 0. The Morgan fingerprint density at radius 3 is 0.587 bits per heavy atom. The van der Waals surface area contributed by atoms with Gasteiger partial charge < -0.3 is 0 Å². The monoisotopic (exact) mass is 844 g/mol. The molecule has 0 saturated carbocycles. The van der Waals surface area contributed by atoms with Crippen LogP contribution in [-0.4, -0.2) is 6.71 Å². The third kappa shape index (κ3) is 10.6. The number of hydrogen-bond acceptors (Lipinski definition) is 0. The molecule has 0 aliphatic carbocycles. The summed E-state index contributed by atoms with van der Waals surface area (Å²) in [6, 6.07) is 108. The van der Waals surface area contributed by atoms with Gasteiger partial charge in [0.15, 0.2) is 0 Å². The fourth-order valence-electron chi connectivity index (χ4n) is 8.44. The first-order chi connectivity index (χ1) is 31.3. The van der Waals surface area contributed by atoms with Crippen molar-refractivity contribution in [2.75, 3.05) is 0 Å². The molecule has 10 aromatic carbocycles. The second-order valence-electron chi connectivity index (χ2n) is 15.2. The van der Waals surface area contributed by atoms with E-state index in [2.05, 4.69) is 303 Å². The van der Waals surface area contributed by atoms with E-state index >= 15 is 0 Å². The zero-order valence-electron chi connectivity index (χ0n) is 35.4. The number of hydrogen-bond donors (Lipinski definition) is 0. The van der Waals surface area contributed by atoms with Crippen LogP contribution in [0.5, 0.6) is 0 Å². The van der Waals surface area contributed by atoms with E-state index in [4.69, 9.17) is 0 Å². The Balaban J connectivity index is 0.000000132. The van der Waals surface area contributed by atoms with Gasteiger partial charge in [-0.15, -0.1) is 0 Å². The summed E-state index contributed by atoms with van der Waals surface area (Å²) in [6.45, 7) is 0.309. The second kappa shape index (κ2) is 22.3. The van der Waals surface area contributed by atoms with Gasteiger partial charge in [0.25, 0.3) is 0 Å². The fourth-order valence-corrected chi connectivity index (χ4v) is 15.5. The van der Waals surface area contributed by atoms with E-state index < -0.39 is 15.2 Å². The molecule has 0 unspecified atom stereocenters. The molecule has 304 valence electrons. The molecule has 63 heavy (non-hydrogen) atoms. The first-order valence-electron chi connectivity index (χ1n) is 21.6. The van der Waals surface area contributed by atoms with Gasteiger partial charge in [-0.25, -0.2) is 0 Å². The molecule has 3 heteroatoms. The van der Waals surface area contributed by atoms with Crippen molar-refractivity contribution in [2.45, 2.75) is 0 Å². The van der Waals surface area contributed by atoms with E-state index in [1.807, 2.05) is 0 Å². The average Bonchev–Trinajstić information content (AvgIpc) is 3.38. The summed E-state index contributed by atoms with van der Waals surface area (Å²) in [5.74, 6) is 0. The van der Waals surface area contributed by atoms with Gasteiger partial charge in [0.1, 0.15) is 0 Å². The van der Waals surface area contributed by atoms with E-state index in [0.29, 0.717) is 6.71 Å². The Morgan fingerprint density at radius 2 is 0.381 bits per heavy atom. The standard InChI is InChI=1S/C24H21P.C18H15B.C18H15P/c1-5-13-21(14-6-1)25(22-15-7-2-8-16-22,23-17-9-3-10-18-23)24-19-11-4-12-20-24;2*1-4-10-16(11-5-1)19(17-12-6-2-7-13-17)18-14-8-3-9-15-18/h1-20,25H;2*1-15H. The van der Waals surface area contributed by atoms with Crippen LogP contribution in [0.1, 0.15) is 0 Å². The molecule has 0 amide bonds. The first kappa shape index (κ1) is 42.8. The van der Waals surface area contributed by atoms with Gasteiger partial charge >= 0.3 is 150 Å². The maximum absolute atomic E-state index is 2.30. The molecule has 0 aliphatic rings. The molecule has 0 heterocycles. The molecule has 10 aromatic rings. The minimum atomic E-state index is -2.30. The van der Waals surface area contributed by atoms with Crippen molar-refractivity contribution >= 4 is 75.4 Å². The first-order valence-corrected chi connectivity index (χ1v) is 25.0. The van der Waals surface area contributed by atoms with Crippen LogP contribution in [0.15, 0.2) is 303 Å². The van der Waals surface area contributed by atoms with Crippen molar-refractivity contribution in [3.63, 3.8) is 0 Å². The maximum atomic E-state index is 2.29. The van der Waals surface area contributed by atoms with E-state index in [-0.39, 0.29) is 0 Å². The summed E-state index contributed by atoms with van der Waals surface area (Å²) in [5.41, 5.74) is 4.00. The van der Waals surface area contributed by atoms with Gasteiger partial charge in [-0.2, -0.15) is 0 Å². The van der Waals surface area contributed by atoms with Crippen LogP contribution < -0.4 is 53.5 Å². The van der Waals surface area contributed by atoms with Gasteiger partial charge in [0, 0.05) is 0 Å². The van der Waals surface area contributed by atoms with Crippen molar-refractivity contribution in [1.29, 1.82) is 0 Å². The van der Waals surface area contributed by atoms with Crippen molar-refractivity contribution < 1.29 is 0 Å². The van der Waals surface area contributed by atoms with Crippen LogP contribution in [-0.2, 0) is 0 Å². The summed E-state index contributed by atoms with van der Waals surface area (Å²) in [6.07, 6.45) is 0. The molecule has 10 rings (SSSR count). The van der Waals surface area contributed by atoms with Crippen molar-refractivity contribution in [1.82, 2.24) is 0 Å². The summed E-state index contributed by atoms with van der Waals surface area (Å²) in [5, 5.41) is 9.86. The Labute approximate surface area is 376 Å². The normalized spacial score (nSPS) is 10.9. The van der Waals surface area contributed by atoms with Gasteiger partial charge in [-0.05, 0) is 23.8 Å². The van der Waals surface area contributed by atoms with Crippen LogP contribution >= 0.6 is 15.2 Å². The molecule has 0 bridgehead atoms. The van der Waals surface area contributed by atoms with Gasteiger partial charge in [0.2, 0.25) is 6.71 Å². The molecule has 0 nitrogen and oxygen atoms in total. The van der Waals surface area contributed by atoms with E-state index in [9.17, 15) is 0 Å². The Morgan fingerprint density at radius 1 is 0.206 bits per heavy atom. The minimum absolute atomic E-state index is 0.309. The zero-order chi connectivity index (χ0) is 42.8. The Hall–Kier alpha value is -6.88. The summed E-state index contributed by atoms with van der Waals surface area (Å²) in [7, 11) is -2.75. The number of benzene rings is 10. The van der Waals surface area contributed by atoms with Crippen LogP contribution in [0.2, 0.25) is 0 Å². The average molecular weight is 845 g/mol. The SMILES string of the molecule is c1ccc(B(c2ccccc2)c2ccccc2)cc1.c1ccc(P(c2ccccc2)c2ccccc2)cc1.c1ccc([PH](c2ccccc2)(c2ccccc2)c2ccccc2)cc1. The molecular weight excluding hydrogens is 793 g/mol. The zero-order valence-corrected chi connectivity index (χ0v) is 37.3. The van der Waals surface area contributed by atoms with E-state index in [1.165, 1.54) is 53.5 Å². The van der Waals surface area contributed by atoms with E-state index in [0.717, 1.165) is 0 Å². The third-order valence-electron chi connectivity index (χ3n) is 11.3. The Kier molecular flexibility index (Phi) is 15.1. The summed E-state index contributed by atoms with van der Waals surface area (Å²) >= 11 is 0. The Bertz CT molecular complexity index is 2310. The van der Waals surface area contributed by atoms with Crippen LogP contribution in [0, 0.1) is 0 Å². The van der Waals surface area contributed by atoms with Gasteiger partial charge in [-0.3, -0.25) is 0 Å². The van der Waals surface area contributed by atoms with Crippen molar-refractivity contribution in [3.8, 4) is 0 Å². The fraction of sp³-hybridized carbons (Fsp3) is 0. The molecule has 0 radical (unpaired) electrons. The van der Waals surface area contributed by atoms with Crippen LogP contribution in [0.3, 0.4) is 0 Å². The molecule has 0 aliphatic heterocycles. The topological polar surface area (TPSA) is 0 Å². The van der Waals surface area contributed by atoms with Crippen LogP contribution in [0.4, 0.5) is 0 Å². The molecular formula is C60H51BP2. The second-order valence-corrected chi connectivity index (χ2v) is 21.3. The predicted octanol–water partition coefficient (Wildman–Crippen LogP) is 9.69. The van der Waals surface area contributed by atoms with Gasteiger partial charge in [-0.1, -0.05) is 198 Å². The number of rotatable bonds is 10. The van der Waals surface area contributed by atoms with Gasteiger partial charge in [0.05, 0.1) is 0 Å². The molecule has 0 fully saturated rings. The molecule has 0 aromatic heterocycles. The molecule has 0 spiro atoms. The van der Waals surface area contributed by atoms with Crippen LogP contribution in [0.25, 0.3) is 0 Å². The summed E-state index contributed by atoms with van der Waals surface area (Å²) < 4.78 is 0. The quantitative estimate of drug-likeness (QED) is 0.0951.